The van der Waals surface area contributed by atoms with Crippen LogP contribution in [0.4, 0.5) is 0 Å². The topological polar surface area (TPSA) is 91.4 Å². The molecule has 3 aromatic rings. The first-order chi connectivity index (χ1) is 13.9. The van der Waals surface area contributed by atoms with Crippen LogP contribution in [0.5, 0.6) is 11.5 Å². The van der Waals surface area contributed by atoms with Gasteiger partial charge in [-0.2, -0.15) is 0 Å². The number of rotatable bonds is 8. The van der Waals surface area contributed by atoms with Crippen molar-refractivity contribution in [3.8, 4) is 22.9 Å². The fourth-order valence-electron chi connectivity index (χ4n) is 2.80. The highest BCUT2D eigenvalue weighted by molar-refractivity contribution is 8.00. The predicted octanol–water partition coefficient (Wildman–Crippen LogP) is 3.20. The zero-order valence-electron chi connectivity index (χ0n) is 17.1. The van der Waals surface area contributed by atoms with Crippen LogP contribution in [0.15, 0.2) is 40.1 Å². The van der Waals surface area contributed by atoms with Crippen molar-refractivity contribution < 1.29 is 18.7 Å². The molecule has 0 saturated carbocycles. The number of carbonyl (C=O) groups is 1. The van der Waals surface area contributed by atoms with Gasteiger partial charge in [0.1, 0.15) is 5.76 Å². The number of hydrogen-bond acceptors (Lipinski definition) is 7. The second-order valence-electron chi connectivity index (χ2n) is 6.42. The number of hydrogen-bond donors (Lipinski definition) is 1. The van der Waals surface area contributed by atoms with E-state index in [0.717, 1.165) is 16.9 Å². The summed E-state index contributed by atoms with van der Waals surface area (Å²) in [4.78, 5) is 12.5. The van der Waals surface area contributed by atoms with Crippen LogP contribution in [-0.4, -0.2) is 40.1 Å². The van der Waals surface area contributed by atoms with E-state index in [0.29, 0.717) is 29.0 Å². The number of nitrogens with zero attached hydrogens (tertiary/aromatic N) is 3. The Bertz CT molecular complexity index is 998. The van der Waals surface area contributed by atoms with Crippen molar-refractivity contribution >= 4 is 17.7 Å². The molecule has 29 heavy (non-hydrogen) atoms. The lowest BCUT2D eigenvalue weighted by molar-refractivity contribution is -0.120. The Balaban J connectivity index is 1.62. The molecule has 2 aromatic heterocycles. The molecule has 0 aliphatic heterocycles. The largest absolute Gasteiger partial charge is 0.493 e. The van der Waals surface area contributed by atoms with Crippen LogP contribution < -0.4 is 14.8 Å². The Morgan fingerprint density at radius 2 is 2.00 bits per heavy atom. The van der Waals surface area contributed by atoms with E-state index in [1.807, 2.05) is 49.7 Å². The summed E-state index contributed by atoms with van der Waals surface area (Å²) < 4.78 is 17.7. The van der Waals surface area contributed by atoms with Gasteiger partial charge in [0.05, 0.1) is 31.3 Å². The summed E-state index contributed by atoms with van der Waals surface area (Å²) in [5.74, 6) is 2.67. The molecule has 0 aliphatic carbocycles. The van der Waals surface area contributed by atoms with Crippen LogP contribution in [-0.2, 0) is 18.4 Å². The van der Waals surface area contributed by atoms with E-state index >= 15 is 0 Å². The van der Waals surface area contributed by atoms with Gasteiger partial charge in [0.15, 0.2) is 22.5 Å². The van der Waals surface area contributed by atoms with E-state index in [2.05, 4.69) is 15.5 Å². The van der Waals surface area contributed by atoms with Gasteiger partial charge in [-0.05, 0) is 37.6 Å². The number of benzene rings is 1. The number of aromatic nitrogens is 3. The second kappa shape index (κ2) is 9.04. The number of amides is 1. The molecule has 8 nitrogen and oxygen atoms in total. The Kier molecular flexibility index (Phi) is 6.48. The van der Waals surface area contributed by atoms with Gasteiger partial charge < -0.3 is 23.8 Å². The van der Waals surface area contributed by atoms with E-state index in [1.165, 1.54) is 11.8 Å². The van der Waals surface area contributed by atoms with Crippen LogP contribution in [0.2, 0.25) is 0 Å². The first-order valence-corrected chi connectivity index (χ1v) is 9.91. The summed E-state index contributed by atoms with van der Waals surface area (Å²) in [6.45, 7) is 4.11. The molecule has 0 radical (unpaired) electrons. The van der Waals surface area contributed by atoms with Gasteiger partial charge in [0.25, 0.3) is 0 Å². The number of furan rings is 1. The molecule has 1 aromatic carbocycles. The number of carbonyl (C=O) groups excluding carboxylic acids is 1. The second-order valence-corrected chi connectivity index (χ2v) is 7.73. The molecule has 3 rings (SSSR count). The zero-order valence-corrected chi connectivity index (χ0v) is 17.9. The predicted molar refractivity (Wildman–Crippen MR) is 110 cm³/mol. The van der Waals surface area contributed by atoms with Crippen molar-refractivity contribution in [2.24, 2.45) is 7.05 Å². The van der Waals surface area contributed by atoms with Crippen molar-refractivity contribution in [2.75, 3.05) is 14.2 Å². The Labute approximate surface area is 173 Å². The molecular weight excluding hydrogens is 392 g/mol. The van der Waals surface area contributed by atoms with Crippen molar-refractivity contribution in [1.82, 2.24) is 20.1 Å². The third kappa shape index (κ3) is 4.56. The average Bonchev–Trinajstić information content (AvgIpc) is 3.30. The minimum Gasteiger partial charge on any atom is -0.493 e. The van der Waals surface area contributed by atoms with Gasteiger partial charge in [-0.25, -0.2) is 0 Å². The van der Waals surface area contributed by atoms with Crippen molar-refractivity contribution in [2.45, 2.75) is 30.8 Å². The standard InChI is InChI=1S/C20H24N4O4S/c1-12-15(8-9-28-12)18-22-23-20(24(18)3)29-13(2)19(25)21-11-14-6-7-16(26-4)17(10-14)27-5/h6-10,13H,11H2,1-5H3,(H,21,25)/t13-/m0/s1. The van der Waals surface area contributed by atoms with Gasteiger partial charge in [0.2, 0.25) is 5.91 Å². The van der Waals surface area contributed by atoms with Gasteiger partial charge in [-0.15, -0.1) is 10.2 Å². The SMILES string of the molecule is COc1ccc(CNC(=O)[C@H](C)Sc2nnc(-c3ccoc3C)n2C)cc1OC. The molecule has 0 bridgehead atoms. The van der Waals surface area contributed by atoms with Gasteiger partial charge in [-0.1, -0.05) is 17.8 Å². The minimum atomic E-state index is -0.337. The van der Waals surface area contributed by atoms with Crippen LogP contribution in [0.1, 0.15) is 18.2 Å². The van der Waals surface area contributed by atoms with E-state index in [9.17, 15) is 4.79 Å². The quantitative estimate of drug-likeness (QED) is 0.564. The number of nitrogens with one attached hydrogen (secondary N) is 1. The fourth-order valence-corrected chi connectivity index (χ4v) is 3.64. The Hall–Kier alpha value is -2.94. The Morgan fingerprint density at radius 3 is 2.66 bits per heavy atom. The lowest BCUT2D eigenvalue weighted by atomic mass is 10.2. The number of ether oxygens (including phenoxy) is 2. The molecule has 9 heteroatoms. The smallest absolute Gasteiger partial charge is 0.233 e. The maximum atomic E-state index is 12.5. The van der Waals surface area contributed by atoms with E-state index in [-0.39, 0.29) is 11.2 Å². The van der Waals surface area contributed by atoms with Crippen LogP contribution in [0.25, 0.3) is 11.4 Å². The van der Waals surface area contributed by atoms with E-state index in [4.69, 9.17) is 13.9 Å². The van der Waals surface area contributed by atoms with Crippen LogP contribution in [0.3, 0.4) is 0 Å². The van der Waals surface area contributed by atoms with Gasteiger partial charge >= 0.3 is 0 Å². The summed E-state index contributed by atoms with van der Waals surface area (Å²) in [6, 6.07) is 7.41. The first-order valence-electron chi connectivity index (χ1n) is 9.03. The highest BCUT2D eigenvalue weighted by Crippen LogP contribution is 2.29. The molecule has 0 unspecified atom stereocenters. The summed E-state index contributed by atoms with van der Waals surface area (Å²) >= 11 is 1.35. The summed E-state index contributed by atoms with van der Waals surface area (Å²) in [7, 11) is 5.04. The van der Waals surface area contributed by atoms with Crippen molar-refractivity contribution in [1.29, 1.82) is 0 Å². The van der Waals surface area contributed by atoms with E-state index in [1.54, 1.807) is 20.5 Å². The highest BCUT2D eigenvalue weighted by atomic mass is 32.2. The molecule has 1 atom stereocenters. The van der Waals surface area contributed by atoms with Crippen LogP contribution in [0, 0.1) is 6.92 Å². The minimum absolute atomic E-state index is 0.0890. The Morgan fingerprint density at radius 1 is 1.24 bits per heavy atom. The molecule has 0 saturated heterocycles. The maximum absolute atomic E-state index is 12.5. The molecule has 1 amide bonds. The van der Waals surface area contributed by atoms with E-state index < -0.39 is 0 Å². The van der Waals surface area contributed by atoms with Crippen molar-refractivity contribution in [3.05, 3.63) is 41.9 Å². The molecule has 0 aliphatic rings. The lowest BCUT2D eigenvalue weighted by Crippen LogP contribution is -2.30. The van der Waals surface area contributed by atoms with Crippen molar-refractivity contribution in [3.63, 3.8) is 0 Å². The monoisotopic (exact) mass is 416 g/mol. The van der Waals surface area contributed by atoms with Gasteiger partial charge in [-0.3, -0.25) is 4.79 Å². The molecule has 1 N–H and O–H groups in total. The van der Waals surface area contributed by atoms with Crippen LogP contribution >= 0.6 is 11.8 Å². The summed E-state index contributed by atoms with van der Waals surface area (Å²) in [5.41, 5.74) is 1.81. The average molecular weight is 417 g/mol. The van der Waals surface area contributed by atoms with Gasteiger partial charge in [0, 0.05) is 13.6 Å². The normalized spacial score (nSPS) is 11.9. The zero-order chi connectivity index (χ0) is 21.0. The maximum Gasteiger partial charge on any atom is 0.233 e. The third-order valence-corrected chi connectivity index (χ3v) is 5.63. The third-order valence-electron chi connectivity index (χ3n) is 4.50. The number of thioether (sulfide) groups is 1. The highest BCUT2D eigenvalue weighted by Gasteiger charge is 2.20. The fraction of sp³-hybridized carbons (Fsp3) is 0.350. The molecule has 0 fully saturated rings. The molecule has 0 spiro atoms. The summed E-state index contributed by atoms with van der Waals surface area (Å²) in [6.07, 6.45) is 1.62. The number of methoxy groups -OCH3 is 2. The first kappa shape index (κ1) is 20.8. The molecule has 154 valence electrons. The summed E-state index contributed by atoms with van der Waals surface area (Å²) in [5, 5.41) is 11.7. The molecular formula is C20H24N4O4S. The lowest BCUT2D eigenvalue weighted by Gasteiger charge is -2.13. The molecule has 2 heterocycles. The number of aryl methyl sites for hydroxylation is 1.